The molecule has 0 saturated heterocycles. The molecular weight excluding hydrogens is 236 g/mol. The number of Topliss-reactive ketones (excluding diaryl/α,β-unsaturated/α-hetero) is 1. The van der Waals surface area contributed by atoms with E-state index in [-0.39, 0.29) is 11.3 Å². The molecule has 0 aliphatic heterocycles. The Balaban J connectivity index is 2.54. The number of ketones is 1. The fraction of sp³-hybridized carbons (Fsp3) is 0.154. The quantitative estimate of drug-likeness (QED) is 0.338. The van der Waals surface area contributed by atoms with Gasteiger partial charge in [0, 0.05) is 11.6 Å². The number of aliphatic hydroxyl groups excluding tert-OH is 2. The summed E-state index contributed by atoms with van der Waals surface area (Å²) in [5.41, 5.74) is 0.0594. The second-order valence-electron chi connectivity index (χ2n) is 4.10. The lowest BCUT2D eigenvalue weighted by Gasteiger charge is -2.23. The van der Waals surface area contributed by atoms with E-state index in [0.717, 1.165) is 6.08 Å². The van der Waals surface area contributed by atoms with Crippen molar-refractivity contribution in [1.82, 2.24) is 0 Å². The Hall–Kier alpha value is -2.11. The predicted octanol–water partition coefficient (Wildman–Crippen LogP) is 1.05. The van der Waals surface area contributed by atoms with Crippen LogP contribution in [0.5, 0.6) is 0 Å². The van der Waals surface area contributed by atoms with Crippen molar-refractivity contribution in [3.8, 4) is 0 Å². The van der Waals surface area contributed by atoms with Crippen molar-refractivity contribution < 1.29 is 25.2 Å². The molecule has 1 aromatic carbocycles. The summed E-state index contributed by atoms with van der Waals surface area (Å²) in [6, 6.07) is 8.22. The van der Waals surface area contributed by atoms with E-state index >= 15 is 0 Å². The van der Waals surface area contributed by atoms with E-state index in [2.05, 4.69) is 0 Å². The molecular formula is C13H12O5. The highest BCUT2D eigenvalue weighted by Gasteiger charge is 2.36. The van der Waals surface area contributed by atoms with Crippen molar-refractivity contribution >= 4 is 11.5 Å². The molecule has 0 spiro atoms. The lowest BCUT2D eigenvalue weighted by Crippen LogP contribution is -2.34. The standard InChI is InChI=1S/C13H12O5/c14-9-6-13(17,18)7-10(15)11(9)12(16)8-4-2-1-3-5-8/h1-6,14,16-18H,7H2. The minimum Gasteiger partial charge on any atom is -0.507 e. The van der Waals surface area contributed by atoms with Crippen LogP contribution in [-0.4, -0.2) is 32.0 Å². The fourth-order valence-corrected chi connectivity index (χ4v) is 1.80. The third kappa shape index (κ3) is 2.27. The number of aliphatic hydroxyl groups is 4. The highest BCUT2D eigenvalue weighted by Crippen LogP contribution is 2.29. The van der Waals surface area contributed by atoms with E-state index < -0.39 is 23.8 Å². The van der Waals surface area contributed by atoms with Gasteiger partial charge in [-0.2, -0.15) is 0 Å². The Kier molecular flexibility index (Phi) is 2.94. The second-order valence-corrected chi connectivity index (χ2v) is 4.10. The smallest absolute Gasteiger partial charge is 0.193 e. The number of benzene rings is 1. The van der Waals surface area contributed by atoms with Gasteiger partial charge in [0.1, 0.15) is 17.1 Å². The predicted molar refractivity (Wildman–Crippen MR) is 63.5 cm³/mol. The van der Waals surface area contributed by atoms with Gasteiger partial charge in [0.2, 0.25) is 0 Å². The van der Waals surface area contributed by atoms with Crippen molar-refractivity contribution in [1.29, 1.82) is 0 Å². The first-order valence-electron chi connectivity index (χ1n) is 5.29. The molecule has 1 aliphatic carbocycles. The topological polar surface area (TPSA) is 98.0 Å². The van der Waals surface area contributed by atoms with Crippen LogP contribution in [0.1, 0.15) is 12.0 Å². The zero-order valence-corrected chi connectivity index (χ0v) is 9.37. The monoisotopic (exact) mass is 248 g/mol. The van der Waals surface area contributed by atoms with Crippen LogP contribution in [0.25, 0.3) is 5.76 Å². The van der Waals surface area contributed by atoms with Crippen molar-refractivity contribution in [3.05, 3.63) is 53.3 Å². The Morgan fingerprint density at radius 2 is 1.78 bits per heavy atom. The van der Waals surface area contributed by atoms with E-state index in [9.17, 15) is 25.2 Å². The molecule has 5 nitrogen and oxygen atoms in total. The molecule has 0 saturated carbocycles. The first-order valence-corrected chi connectivity index (χ1v) is 5.29. The van der Waals surface area contributed by atoms with Gasteiger partial charge in [0.15, 0.2) is 11.6 Å². The van der Waals surface area contributed by atoms with Gasteiger partial charge < -0.3 is 20.4 Å². The average molecular weight is 248 g/mol. The van der Waals surface area contributed by atoms with Gasteiger partial charge in [0.25, 0.3) is 0 Å². The van der Waals surface area contributed by atoms with E-state index in [4.69, 9.17) is 0 Å². The number of carbonyl (C=O) groups excluding carboxylic acids is 1. The minimum atomic E-state index is -2.37. The average Bonchev–Trinajstić information content (AvgIpc) is 2.27. The van der Waals surface area contributed by atoms with Gasteiger partial charge in [0.05, 0.1) is 6.42 Å². The molecule has 5 heteroatoms. The minimum absolute atomic E-state index is 0.306. The first-order chi connectivity index (χ1) is 8.41. The van der Waals surface area contributed by atoms with E-state index in [1.165, 1.54) is 0 Å². The molecule has 0 amide bonds. The van der Waals surface area contributed by atoms with Crippen LogP contribution in [0.3, 0.4) is 0 Å². The van der Waals surface area contributed by atoms with Crippen LogP contribution in [0, 0.1) is 0 Å². The zero-order valence-electron chi connectivity index (χ0n) is 9.37. The van der Waals surface area contributed by atoms with Gasteiger partial charge in [-0.15, -0.1) is 0 Å². The van der Waals surface area contributed by atoms with Crippen molar-refractivity contribution in [2.75, 3.05) is 0 Å². The van der Waals surface area contributed by atoms with E-state index in [1.807, 2.05) is 0 Å². The number of rotatable bonds is 1. The molecule has 94 valence electrons. The summed E-state index contributed by atoms with van der Waals surface area (Å²) in [5.74, 6) is -4.13. The van der Waals surface area contributed by atoms with Crippen LogP contribution in [0.4, 0.5) is 0 Å². The van der Waals surface area contributed by atoms with Crippen LogP contribution < -0.4 is 0 Å². The Morgan fingerprint density at radius 1 is 1.17 bits per heavy atom. The van der Waals surface area contributed by atoms with Crippen LogP contribution in [0.15, 0.2) is 47.7 Å². The Labute approximate surface area is 103 Å². The van der Waals surface area contributed by atoms with Crippen LogP contribution in [-0.2, 0) is 4.79 Å². The Morgan fingerprint density at radius 3 is 2.33 bits per heavy atom. The molecule has 0 bridgehead atoms. The van der Waals surface area contributed by atoms with Gasteiger partial charge in [-0.1, -0.05) is 30.3 Å². The lowest BCUT2D eigenvalue weighted by atomic mass is 9.91. The number of hydrogen-bond donors (Lipinski definition) is 4. The maximum atomic E-state index is 11.7. The van der Waals surface area contributed by atoms with Gasteiger partial charge in [-0.25, -0.2) is 0 Å². The van der Waals surface area contributed by atoms with E-state index in [0.29, 0.717) is 5.56 Å². The summed E-state index contributed by atoms with van der Waals surface area (Å²) in [6.07, 6.45) is 0.117. The highest BCUT2D eigenvalue weighted by atomic mass is 16.5. The van der Waals surface area contributed by atoms with Crippen molar-refractivity contribution in [2.24, 2.45) is 0 Å². The molecule has 4 N–H and O–H groups in total. The third-order valence-corrected chi connectivity index (χ3v) is 2.61. The largest absolute Gasteiger partial charge is 0.507 e. The van der Waals surface area contributed by atoms with Crippen molar-refractivity contribution in [3.63, 3.8) is 0 Å². The summed E-state index contributed by atoms with van der Waals surface area (Å²) in [6.45, 7) is 0. The number of hydrogen-bond acceptors (Lipinski definition) is 5. The summed E-state index contributed by atoms with van der Waals surface area (Å²) in [4.78, 5) is 11.7. The summed E-state index contributed by atoms with van der Waals surface area (Å²) < 4.78 is 0. The molecule has 0 atom stereocenters. The first kappa shape index (κ1) is 12.3. The molecule has 0 unspecified atom stereocenters. The molecule has 0 heterocycles. The summed E-state index contributed by atoms with van der Waals surface area (Å²) in [5, 5.41) is 38.1. The zero-order chi connectivity index (χ0) is 13.3. The number of carbonyl (C=O) groups is 1. The van der Waals surface area contributed by atoms with Gasteiger partial charge in [-0.05, 0) is 0 Å². The molecule has 2 rings (SSSR count). The van der Waals surface area contributed by atoms with Crippen molar-refractivity contribution in [2.45, 2.75) is 12.2 Å². The highest BCUT2D eigenvalue weighted by molar-refractivity contribution is 6.06. The molecule has 1 aliphatic rings. The number of allylic oxidation sites excluding steroid dienone is 1. The Bertz CT molecular complexity index is 540. The maximum Gasteiger partial charge on any atom is 0.193 e. The normalized spacial score (nSPS) is 21.4. The van der Waals surface area contributed by atoms with Crippen LogP contribution >= 0.6 is 0 Å². The molecule has 0 aromatic heterocycles. The fourth-order valence-electron chi connectivity index (χ4n) is 1.80. The van der Waals surface area contributed by atoms with Crippen LogP contribution in [0.2, 0.25) is 0 Å². The molecule has 0 fully saturated rings. The third-order valence-electron chi connectivity index (χ3n) is 2.61. The molecule has 1 aromatic rings. The molecule has 18 heavy (non-hydrogen) atoms. The maximum absolute atomic E-state index is 11.7. The lowest BCUT2D eigenvalue weighted by molar-refractivity contribution is -0.146. The van der Waals surface area contributed by atoms with Gasteiger partial charge in [-0.3, -0.25) is 4.79 Å². The summed E-state index contributed by atoms with van der Waals surface area (Å²) in [7, 11) is 0. The second kappa shape index (κ2) is 4.29. The SMILES string of the molecule is O=C1CC(O)(O)C=C(O)C1=C(O)c1ccccc1. The summed E-state index contributed by atoms with van der Waals surface area (Å²) >= 11 is 0. The molecule has 0 radical (unpaired) electrons. The van der Waals surface area contributed by atoms with E-state index in [1.54, 1.807) is 30.3 Å². The van der Waals surface area contributed by atoms with Gasteiger partial charge >= 0.3 is 0 Å².